The van der Waals surface area contributed by atoms with Crippen LogP contribution in [0.5, 0.6) is 0 Å². The lowest BCUT2D eigenvalue weighted by atomic mass is 9.89. The number of hydrogen-bond acceptors (Lipinski definition) is 6. The van der Waals surface area contributed by atoms with Crippen LogP contribution in [-0.4, -0.2) is 84.1 Å². The molecule has 2 aliphatic heterocycles. The van der Waals surface area contributed by atoms with E-state index in [-0.39, 0.29) is 11.7 Å². The van der Waals surface area contributed by atoms with Crippen molar-refractivity contribution in [2.75, 3.05) is 52.4 Å². The summed E-state index contributed by atoms with van der Waals surface area (Å²) in [5.74, 6) is 0.562. The number of nitrogens with one attached hydrogen (secondary N) is 1. The van der Waals surface area contributed by atoms with E-state index in [4.69, 9.17) is 5.73 Å². The van der Waals surface area contributed by atoms with Gasteiger partial charge >= 0.3 is 0 Å². The van der Waals surface area contributed by atoms with E-state index in [9.17, 15) is 9.90 Å². The number of carbonyl (C=O) groups is 1. The van der Waals surface area contributed by atoms with Crippen molar-refractivity contribution in [3.05, 3.63) is 59.0 Å². The Morgan fingerprint density at radius 3 is 2.30 bits per heavy atom. The molecule has 0 aromatic heterocycles. The maximum atomic E-state index is 12.6. The number of aliphatic hydroxyl groups excluding tert-OH is 1. The molecule has 0 unspecified atom stereocenters. The maximum absolute atomic E-state index is 12.6. The van der Waals surface area contributed by atoms with Crippen LogP contribution in [-0.2, 0) is 11.3 Å². The Morgan fingerprint density at radius 2 is 1.65 bits per heavy atom. The zero-order valence-electron chi connectivity index (χ0n) is 22.7. The molecule has 204 valence electrons. The van der Waals surface area contributed by atoms with Crippen LogP contribution in [0, 0.1) is 12.8 Å². The number of hydrogen-bond donors (Lipinski definition) is 3. The average Bonchev–Trinajstić information content (AvgIpc) is 2.93. The number of aliphatic hydroxyl groups is 1. The molecule has 37 heavy (non-hydrogen) atoms. The van der Waals surface area contributed by atoms with Crippen LogP contribution in [0.25, 0.3) is 0 Å². The Bertz CT molecular complexity index is 906. The molecule has 3 fully saturated rings. The highest BCUT2D eigenvalue weighted by Crippen LogP contribution is 2.23. The minimum absolute atomic E-state index is 0.196. The van der Waals surface area contributed by atoms with E-state index < -0.39 is 0 Å². The number of likely N-dealkylation sites (tertiary alicyclic amines) is 1. The Hall–Kier alpha value is -2.35. The highest BCUT2D eigenvalue weighted by molar-refractivity contribution is 5.96. The molecule has 0 bridgehead atoms. The quantitative estimate of drug-likeness (QED) is 0.268. The minimum atomic E-state index is -0.196. The van der Waals surface area contributed by atoms with Crippen molar-refractivity contribution < 1.29 is 9.90 Å². The molecule has 1 aromatic carbocycles. The summed E-state index contributed by atoms with van der Waals surface area (Å²) in [6.45, 7) is 10.5. The van der Waals surface area contributed by atoms with Crippen molar-refractivity contribution in [3.63, 3.8) is 0 Å². The summed E-state index contributed by atoms with van der Waals surface area (Å²) in [5, 5.41) is 13.6. The van der Waals surface area contributed by atoms with Gasteiger partial charge in [-0.2, -0.15) is 0 Å². The van der Waals surface area contributed by atoms with Crippen LogP contribution in [0.2, 0.25) is 0 Å². The molecule has 4 rings (SSSR count). The van der Waals surface area contributed by atoms with Crippen LogP contribution < -0.4 is 11.1 Å². The van der Waals surface area contributed by atoms with Crippen LogP contribution in [0.15, 0.2) is 47.9 Å². The molecule has 1 saturated carbocycles. The number of piperidine rings is 1. The Labute approximate surface area is 223 Å². The number of rotatable bonds is 9. The second kappa shape index (κ2) is 14.0. The Kier molecular flexibility index (Phi) is 10.5. The van der Waals surface area contributed by atoms with Crippen molar-refractivity contribution in [1.29, 1.82) is 0 Å². The van der Waals surface area contributed by atoms with E-state index in [1.165, 1.54) is 68.3 Å². The van der Waals surface area contributed by atoms with Gasteiger partial charge < -0.3 is 16.2 Å². The number of amides is 1. The maximum Gasteiger partial charge on any atom is 0.252 e. The number of nitrogens with two attached hydrogens (primary N) is 1. The van der Waals surface area contributed by atoms with Gasteiger partial charge in [-0.05, 0) is 63.3 Å². The molecule has 0 atom stereocenters. The fraction of sp³-hybridized carbons (Fsp3) is 0.633. The van der Waals surface area contributed by atoms with Gasteiger partial charge in [0.15, 0.2) is 0 Å². The third-order valence-corrected chi connectivity index (χ3v) is 8.43. The predicted molar refractivity (Wildman–Crippen MR) is 150 cm³/mol. The summed E-state index contributed by atoms with van der Waals surface area (Å²) in [4.78, 5) is 20.0. The summed E-state index contributed by atoms with van der Waals surface area (Å²) < 4.78 is 0. The first-order valence-corrected chi connectivity index (χ1v) is 14.3. The smallest absolute Gasteiger partial charge is 0.252 e. The second-order valence-electron chi connectivity index (χ2n) is 11.3. The van der Waals surface area contributed by atoms with Crippen LogP contribution in [0.3, 0.4) is 0 Å². The fourth-order valence-electron chi connectivity index (χ4n) is 6.05. The van der Waals surface area contributed by atoms with Gasteiger partial charge in [0.25, 0.3) is 5.91 Å². The number of benzene rings is 1. The minimum Gasteiger partial charge on any atom is -0.511 e. The van der Waals surface area contributed by atoms with Gasteiger partial charge in [-0.1, -0.05) is 49.1 Å². The lowest BCUT2D eigenvalue weighted by Crippen LogP contribution is -2.53. The molecule has 2 heterocycles. The molecular weight excluding hydrogens is 462 g/mol. The average molecular weight is 510 g/mol. The SMILES string of the molecule is Cc1ccc(CN2CCC(N3CCN(C/C(O)=C\C(=C/N)C(=O)NCC4CCCCC4)CC3)CC2)cc1. The highest BCUT2D eigenvalue weighted by atomic mass is 16.3. The summed E-state index contributed by atoms with van der Waals surface area (Å²) in [7, 11) is 0. The van der Waals surface area contributed by atoms with Crippen LogP contribution in [0.1, 0.15) is 56.1 Å². The largest absolute Gasteiger partial charge is 0.511 e. The van der Waals surface area contributed by atoms with Gasteiger partial charge in [0, 0.05) is 51.5 Å². The summed E-state index contributed by atoms with van der Waals surface area (Å²) in [6, 6.07) is 9.56. The van der Waals surface area contributed by atoms with Gasteiger partial charge in [0.05, 0.1) is 12.1 Å². The van der Waals surface area contributed by atoms with E-state index in [0.717, 1.165) is 45.8 Å². The molecule has 0 radical (unpaired) electrons. The van der Waals surface area contributed by atoms with Crippen molar-refractivity contribution in [3.8, 4) is 0 Å². The summed E-state index contributed by atoms with van der Waals surface area (Å²) >= 11 is 0. The molecule has 2 saturated heterocycles. The summed E-state index contributed by atoms with van der Waals surface area (Å²) in [6.07, 6.45) is 11.4. The first kappa shape index (κ1) is 27.7. The normalized spacial score (nSPS) is 22.3. The third-order valence-electron chi connectivity index (χ3n) is 8.43. The van der Waals surface area contributed by atoms with Crippen LogP contribution >= 0.6 is 0 Å². The number of piperazine rings is 1. The zero-order valence-corrected chi connectivity index (χ0v) is 22.7. The standard InChI is InChI=1S/C30H47N5O2/c1-24-7-9-26(10-8-24)22-33-13-11-28(12-14-33)35-17-15-34(16-18-35)23-29(36)19-27(20-31)30(37)32-21-25-5-3-2-4-6-25/h7-10,19-20,25,28,36H,2-6,11-18,21-23,31H2,1H3,(H,32,37)/b27-20+,29-19+. The summed E-state index contributed by atoms with van der Waals surface area (Å²) in [5.41, 5.74) is 8.78. The van der Waals surface area contributed by atoms with Crippen LogP contribution in [0.4, 0.5) is 0 Å². The lowest BCUT2D eigenvalue weighted by Gasteiger charge is -2.42. The van der Waals surface area contributed by atoms with Crippen molar-refractivity contribution >= 4 is 5.91 Å². The molecule has 1 amide bonds. The van der Waals surface area contributed by atoms with Gasteiger partial charge in [0.2, 0.25) is 0 Å². The van der Waals surface area contributed by atoms with Crippen molar-refractivity contribution in [2.24, 2.45) is 11.7 Å². The molecule has 0 spiro atoms. The molecule has 7 heteroatoms. The van der Waals surface area contributed by atoms with Gasteiger partial charge in [-0.3, -0.25) is 19.5 Å². The van der Waals surface area contributed by atoms with Gasteiger partial charge in [0.1, 0.15) is 5.76 Å². The van der Waals surface area contributed by atoms with E-state index in [2.05, 4.69) is 51.2 Å². The Morgan fingerprint density at radius 1 is 0.973 bits per heavy atom. The van der Waals surface area contributed by atoms with E-state index >= 15 is 0 Å². The van der Waals surface area contributed by atoms with E-state index in [0.29, 0.717) is 30.6 Å². The molecule has 3 aliphatic rings. The number of nitrogens with zero attached hydrogens (tertiary/aromatic N) is 3. The second-order valence-corrected chi connectivity index (χ2v) is 11.3. The highest BCUT2D eigenvalue weighted by Gasteiger charge is 2.27. The predicted octanol–water partition coefficient (Wildman–Crippen LogP) is 3.56. The first-order chi connectivity index (χ1) is 18.0. The van der Waals surface area contributed by atoms with Crippen molar-refractivity contribution in [1.82, 2.24) is 20.0 Å². The number of carbonyl (C=O) groups excluding carboxylic acids is 1. The fourth-order valence-corrected chi connectivity index (χ4v) is 6.05. The lowest BCUT2D eigenvalue weighted by molar-refractivity contribution is -0.117. The van der Waals surface area contributed by atoms with Crippen molar-refractivity contribution in [2.45, 2.75) is 64.5 Å². The van der Waals surface area contributed by atoms with E-state index in [1.54, 1.807) is 0 Å². The monoisotopic (exact) mass is 509 g/mol. The third kappa shape index (κ3) is 8.59. The topological polar surface area (TPSA) is 85.1 Å². The molecule has 7 nitrogen and oxygen atoms in total. The van der Waals surface area contributed by atoms with E-state index in [1.807, 2.05) is 0 Å². The molecule has 1 aromatic rings. The molecule has 1 aliphatic carbocycles. The van der Waals surface area contributed by atoms with Gasteiger partial charge in [-0.15, -0.1) is 0 Å². The zero-order chi connectivity index (χ0) is 26.0. The number of aryl methyl sites for hydroxylation is 1. The van der Waals surface area contributed by atoms with Gasteiger partial charge in [-0.25, -0.2) is 0 Å². The Balaban J connectivity index is 1.15. The molecular formula is C30H47N5O2. The first-order valence-electron chi connectivity index (χ1n) is 14.3. The molecule has 4 N–H and O–H groups in total.